The maximum Gasteiger partial charge on any atom is 0.343 e. The average Bonchev–Trinajstić information content (AvgIpc) is 4.07. The van der Waals surface area contributed by atoms with Crippen molar-refractivity contribution in [3.63, 3.8) is 0 Å². The molecule has 0 bridgehead atoms. The summed E-state index contributed by atoms with van der Waals surface area (Å²) in [6, 6.07) is 28.3. The predicted molar refractivity (Wildman–Crippen MR) is 278 cm³/mol. The zero-order valence-electron chi connectivity index (χ0n) is 41.1. The van der Waals surface area contributed by atoms with Gasteiger partial charge in [-0.05, 0) is 123 Å². The van der Waals surface area contributed by atoms with Crippen LogP contribution in [0.15, 0.2) is 116 Å². The molecule has 2 heterocycles. The van der Waals surface area contributed by atoms with E-state index in [2.05, 4.69) is 34.2 Å². The Kier molecular flexibility index (Phi) is 24.3. The van der Waals surface area contributed by atoms with Gasteiger partial charge < -0.3 is 27.8 Å². The largest absolute Gasteiger partial charge is 0.494 e. The summed E-state index contributed by atoms with van der Waals surface area (Å²) in [6.07, 6.45) is 24.0. The van der Waals surface area contributed by atoms with Gasteiger partial charge in [0.05, 0.1) is 24.3 Å². The van der Waals surface area contributed by atoms with Crippen molar-refractivity contribution in [3.05, 3.63) is 108 Å². The van der Waals surface area contributed by atoms with Crippen LogP contribution >= 0.6 is 23.5 Å². The van der Waals surface area contributed by atoms with E-state index in [-0.39, 0.29) is 0 Å². The van der Waals surface area contributed by atoms with Crippen LogP contribution in [0.5, 0.6) is 23.0 Å². The van der Waals surface area contributed by atoms with Gasteiger partial charge in [0, 0.05) is 22.6 Å². The van der Waals surface area contributed by atoms with Gasteiger partial charge in [-0.15, -0.1) is 20.4 Å². The number of benzene rings is 4. The fourth-order valence-corrected chi connectivity index (χ4v) is 9.05. The molecule has 0 fully saturated rings. The van der Waals surface area contributed by atoms with Crippen molar-refractivity contribution in [2.45, 2.75) is 153 Å². The lowest BCUT2D eigenvalue weighted by atomic mass is 10.1. The first-order valence-electron chi connectivity index (χ1n) is 25.5. The Morgan fingerprint density at radius 2 is 0.729 bits per heavy atom. The lowest BCUT2D eigenvalue weighted by Crippen LogP contribution is -2.08. The molecule has 0 aliphatic heterocycles. The summed E-state index contributed by atoms with van der Waals surface area (Å²) in [6.45, 7) is 5.82. The monoisotopic (exact) mass is 990 g/mol. The van der Waals surface area contributed by atoms with E-state index in [0.717, 1.165) is 85.5 Å². The Hall–Kier alpha value is -5.60. The van der Waals surface area contributed by atoms with Crippen LogP contribution in [-0.2, 0) is 0 Å². The fraction of sp³-hybridized carbons (Fsp3) is 0.464. The van der Waals surface area contributed by atoms with Gasteiger partial charge in [0.1, 0.15) is 23.0 Å². The molecule has 374 valence electrons. The lowest BCUT2D eigenvalue weighted by molar-refractivity contribution is 0.0725. The van der Waals surface area contributed by atoms with Gasteiger partial charge in [-0.25, -0.2) is 9.59 Å². The second-order valence-electron chi connectivity index (χ2n) is 17.4. The summed E-state index contributed by atoms with van der Waals surface area (Å²) in [4.78, 5) is 25.5. The number of carbonyl (C=O) groups excluding carboxylic acids is 2. The van der Waals surface area contributed by atoms with E-state index in [9.17, 15) is 9.59 Å². The summed E-state index contributed by atoms with van der Waals surface area (Å²) in [5.74, 6) is 4.15. The normalized spacial score (nSPS) is 11.2. The third-order valence-corrected chi connectivity index (χ3v) is 13.4. The minimum absolute atomic E-state index is 0.425. The number of nitrogens with zero attached hydrogens (tertiary/aromatic N) is 4. The SMILES string of the molecule is CCCCCCCCCOc1ccc(C(=O)Oc2ccc(-c3nnc(SCCCCCCCCSc4nnc(-c5ccc(OC(=O)c6ccc(OCCCCCCCCC)cc6)cc5)o4)o3)cc2)cc1. The second-order valence-corrected chi connectivity index (χ2v) is 19.5. The standard InChI is InChI=1S/C56H70N4O8S2/c1-3-5-7-9-11-15-19-39-63-47-31-27-45(28-32-47)53(61)65-49-35-23-43(24-36-49)51-57-59-55(67-51)69-41-21-17-13-14-18-22-42-70-56-60-58-52(68-56)44-25-37-50(38-26-44)66-54(62)46-29-33-48(34-30-46)64-40-20-16-12-10-8-6-4-2/h23-38H,3-22,39-42H2,1-2H3. The summed E-state index contributed by atoms with van der Waals surface area (Å²) in [7, 11) is 0. The van der Waals surface area contributed by atoms with Gasteiger partial charge in [-0.2, -0.15) is 0 Å². The first kappa shape index (κ1) is 53.7. The summed E-state index contributed by atoms with van der Waals surface area (Å²) in [5.41, 5.74) is 2.42. The van der Waals surface area contributed by atoms with Crippen molar-refractivity contribution in [1.29, 1.82) is 0 Å². The topological polar surface area (TPSA) is 149 Å². The van der Waals surface area contributed by atoms with Crippen LogP contribution in [0.2, 0.25) is 0 Å². The molecule has 2 aromatic heterocycles. The Morgan fingerprint density at radius 1 is 0.400 bits per heavy atom. The first-order chi connectivity index (χ1) is 34.5. The number of esters is 2. The third-order valence-electron chi connectivity index (χ3n) is 11.6. The quantitative estimate of drug-likeness (QED) is 0.0161. The van der Waals surface area contributed by atoms with Crippen LogP contribution in [0.25, 0.3) is 22.9 Å². The van der Waals surface area contributed by atoms with Crippen molar-refractivity contribution < 1.29 is 37.4 Å². The molecule has 0 N–H and O–H groups in total. The van der Waals surface area contributed by atoms with Crippen LogP contribution in [0.3, 0.4) is 0 Å². The molecule has 0 saturated heterocycles. The van der Waals surface area contributed by atoms with E-state index < -0.39 is 11.9 Å². The van der Waals surface area contributed by atoms with E-state index in [1.54, 1.807) is 96.3 Å². The van der Waals surface area contributed by atoms with Gasteiger partial charge in [0.15, 0.2) is 0 Å². The van der Waals surface area contributed by atoms with Crippen LogP contribution in [0.1, 0.15) is 163 Å². The van der Waals surface area contributed by atoms with Gasteiger partial charge in [-0.3, -0.25) is 0 Å². The Morgan fingerprint density at radius 3 is 1.10 bits per heavy atom. The summed E-state index contributed by atoms with van der Waals surface area (Å²) in [5, 5.41) is 17.9. The molecule has 0 spiro atoms. The Bertz CT molecular complexity index is 2200. The molecule has 0 unspecified atom stereocenters. The molecule has 6 rings (SSSR count). The molecule has 0 radical (unpaired) electrons. The predicted octanol–water partition coefficient (Wildman–Crippen LogP) is 15.7. The van der Waals surface area contributed by atoms with Crippen LogP contribution < -0.4 is 18.9 Å². The highest BCUT2D eigenvalue weighted by molar-refractivity contribution is 7.99. The molecule has 70 heavy (non-hydrogen) atoms. The maximum absolute atomic E-state index is 12.8. The van der Waals surface area contributed by atoms with Gasteiger partial charge in [-0.1, -0.05) is 140 Å². The van der Waals surface area contributed by atoms with Crippen LogP contribution in [0, 0.1) is 0 Å². The number of thioether (sulfide) groups is 2. The number of hydrogen-bond acceptors (Lipinski definition) is 14. The average molecular weight is 991 g/mol. The molecule has 0 amide bonds. The zero-order valence-corrected chi connectivity index (χ0v) is 42.7. The van der Waals surface area contributed by atoms with E-state index >= 15 is 0 Å². The molecule has 4 aromatic carbocycles. The molecular weight excluding hydrogens is 921 g/mol. The van der Waals surface area contributed by atoms with Crippen molar-refractivity contribution >= 4 is 35.5 Å². The van der Waals surface area contributed by atoms with E-state index in [1.807, 2.05) is 24.3 Å². The van der Waals surface area contributed by atoms with Gasteiger partial charge in [0.25, 0.3) is 10.4 Å². The highest BCUT2D eigenvalue weighted by Gasteiger charge is 2.14. The van der Waals surface area contributed by atoms with Crippen molar-refractivity contribution in [2.75, 3.05) is 24.7 Å². The van der Waals surface area contributed by atoms with Gasteiger partial charge in [0.2, 0.25) is 11.8 Å². The Labute approximate surface area is 422 Å². The van der Waals surface area contributed by atoms with E-state index in [4.69, 9.17) is 27.8 Å². The molecule has 0 aliphatic rings. The summed E-state index contributed by atoms with van der Waals surface area (Å²) >= 11 is 3.13. The van der Waals surface area contributed by atoms with E-state index in [0.29, 0.717) is 58.1 Å². The number of aromatic nitrogens is 4. The number of hydrogen-bond donors (Lipinski definition) is 0. The molecule has 0 saturated carbocycles. The minimum Gasteiger partial charge on any atom is -0.494 e. The molecule has 0 atom stereocenters. The minimum atomic E-state index is -0.432. The number of rotatable bonds is 35. The van der Waals surface area contributed by atoms with Gasteiger partial charge >= 0.3 is 11.9 Å². The molecule has 0 aliphatic carbocycles. The van der Waals surface area contributed by atoms with E-state index in [1.165, 1.54) is 77.0 Å². The number of unbranched alkanes of at least 4 members (excludes halogenated alkanes) is 17. The maximum atomic E-state index is 12.8. The molecule has 14 heteroatoms. The highest BCUT2D eigenvalue weighted by Crippen LogP contribution is 2.29. The zero-order chi connectivity index (χ0) is 48.9. The van der Waals surface area contributed by atoms with Crippen LogP contribution in [0.4, 0.5) is 0 Å². The molecule has 12 nitrogen and oxygen atoms in total. The molecular formula is C56H70N4O8S2. The van der Waals surface area contributed by atoms with Crippen molar-refractivity contribution in [2.24, 2.45) is 0 Å². The van der Waals surface area contributed by atoms with Crippen molar-refractivity contribution in [3.8, 4) is 45.9 Å². The third kappa shape index (κ3) is 19.7. The number of carbonyl (C=O) groups is 2. The molecule has 6 aromatic rings. The highest BCUT2D eigenvalue weighted by atomic mass is 32.2. The Balaban J connectivity index is 0.775. The fourth-order valence-electron chi connectivity index (χ4n) is 7.54. The first-order valence-corrected chi connectivity index (χ1v) is 27.5. The second kappa shape index (κ2) is 31.6. The lowest BCUT2D eigenvalue weighted by Gasteiger charge is -2.08. The smallest absolute Gasteiger partial charge is 0.343 e. The van der Waals surface area contributed by atoms with Crippen LogP contribution in [-0.4, -0.2) is 57.1 Å². The van der Waals surface area contributed by atoms with Crippen molar-refractivity contribution in [1.82, 2.24) is 20.4 Å². The summed E-state index contributed by atoms with van der Waals surface area (Å²) < 4.78 is 34.7. The number of ether oxygens (including phenoxy) is 4.